The third-order valence-corrected chi connectivity index (χ3v) is 3.41. The van der Waals surface area contributed by atoms with E-state index in [1.165, 1.54) is 19.2 Å². The fourth-order valence-electron chi connectivity index (χ4n) is 1.61. The molecule has 3 nitrogen and oxygen atoms in total. The zero-order chi connectivity index (χ0) is 10.2. The van der Waals surface area contributed by atoms with Gasteiger partial charge in [-0.05, 0) is 18.3 Å². The van der Waals surface area contributed by atoms with Crippen molar-refractivity contribution in [3.63, 3.8) is 0 Å². The Morgan fingerprint density at radius 2 is 2.50 bits per heavy atom. The number of nitrogens with one attached hydrogen (secondary N) is 1. The van der Waals surface area contributed by atoms with Crippen LogP contribution in [0, 0.1) is 5.41 Å². The molecule has 1 aromatic heterocycles. The summed E-state index contributed by atoms with van der Waals surface area (Å²) in [5.41, 5.74) is 0.425. The first-order valence-electron chi connectivity index (χ1n) is 4.88. The van der Waals surface area contributed by atoms with E-state index in [9.17, 15) is 0 Å². The van der Waals surface area contributed by atoms with E-state index in [1.54, 1.807) is 6.20 Å². The molecular formula is C10H14ClN3. The molecule has 2 rings (SSSR count). The lowest BCUT2D eigenvalue weighted by Crippen LogP contribution is -2.11. The molecule has 0 spiro atoms. The first-order chi connectivity index (χ1) is 6.65. The maximum atomic E-state index is 5.94. The van der Waals surface area contributed by atoms with Gasteiger partial charge in [-0.2, -0.15) is 0 Å². The second kappa shape index (κ2) is 3.39. The maximum Gasteiger partial charge on any atom is 0.148 e. The SMILES string of the molecule is CCC1(C)CC1Nc1ncncc1Cl. The minimum Gasteiger partial charge on any atom is -0.365 e. The average molecular weight is 212 g/mol. The molecule has 0 radical (unpaired) electrons. The molecule has 0 bridgehead atoms. The molecule has 1 fully saturated rings. The Morgan fingerprint density at radius 1 is 1.71 bits per heavy atom. The van der Waals surface area contributed by atoms with Crippen LogP contribution in [0.25, 0.3) is 0 Å². The first kappa shape index (κ1) is 9.71. The van der Waals surface area contributed by atoms with Crippen LogP contribution in [0.1, 0.15) is 26.7 Å². The predicted octanol–water partition coefficient (Wildman–Crippen LogP) is 2.73. The zero-order valence-corrected chi connectivity index (χ0v) is 9.17. The second-order valence-electron chi connectivity index (χ2n) is 4.13. The van der Waals surface area contributed by atoms with Crippen LogP contribution in [0.3, 0.4) is 0 Å². The fourth-order valence-corrected chi connectivity index (χ4v) is 1.77. The summed E-state index contributed by atoms with van der Waals surface area (Å²) in [6.07, 6.45) is 5.51. The lowest BCUT2D eigenvalue weighted by atomic mass is 10.1. The molecule has 1 aliphatic rings. The van der Waals surface area contributed by atoms with E-state index in [4.69, 9.17) is 11.6 Å². The Bertz CT molecular complexity index is 342. The molecule has 1 N–H and O–H groups in total. The fraction of sp³-hybridized carbons (Fsp3) is 0.600. The summed E-state index contributed by atoms with van der Waals surface area (Å²) in [5.74, 6) is 0.754. The van der Waals surface area contributed by atoms with Gasteiger partial charge in [-0.25, -0.2) is 9.97 Å². The molecule has 4 heteroatoms. The molecule has 0 saturated heterocycles. The number of aromatic nitrogens is 2. The van der Waals surface area contributed by atoms with Gasteiger partial charge in [-0.1, -0.05) is 25.4 Å². The average Bonchev–Trinajstić information content (AvgIpc) is 2.82. The van der Waals surface area contributed by atoms with Crippen molar-refractivity contribution in [3.8, 4) is 0 Å². The van der Waals surface area contributed by atoms with E-state index >= 15 is 0 Å². The van der Waals surface area contributed by atoms with Crippen molar-refractivity contribution in [2.75, 3.05) is 5.32 Å². The minimum atomic E-state index is 0.425. The first-order valence-corrected chi connectivity index (χ1v) is 5.25. The van der Waals surface area contributed by atoms with E-state index in [0.29, 0.717) is 16.5 Å². The molecule has 1 aromatic rings. The maximum absolute atomic E-state index is 5.94. The quantitative estimate of drug-likeness (QED) is 0.836. The van der Waals surface area contributed by atoms with Crippen LogP contribution in [0.2, 0.25) is 5.02 Å². The Labute approximate surface area is 88.9 Å². The molecule has 14 heavy (non-hydrogen) atoms. The van der Waals surface area contributed by atoms with Crippen LogP contribution in [-0.2, 0) is 0 Å². The van der Waals surface area contributed by atoms with Crippen molar-refractivity contribution in [1.82, 2.24) is 9.97 Å². The third kappa shape index (κ3) is 1.69. The van der Waals surface area contributed by atoms with E-state index in [2.05, 4.69) is 29.1 Å². The van der Waals surface area contributed by atoms with Gasteiger partial charge in [0.25, 0.3) is 0 Å². The normalized spacial score (nSPS) is 30.1. The van der Waals surface area contributed by atoms with Crippen LogP contribution in [0.15, 0.2) is 12.5 Å². The van der Waals surface area contributed by atoms with Crippen molar-refractivity contribution < 1.29 is 0 Å². The molecule has 1 heterocycles. The highest BCUT2D eigenvalue weighted by molar-refractivity contribution is 6.32. The van der Waals surface area contributed by atoms with Crippen molar-refractivity contribution in [3.05, 3.63) is 17.5 Å². The highest BCUT2D eigenvalue weighted by atomic mass is 35.5. The number of hydrogen-bond acceptors (Lipinski definition) is 3. The van der Waals surface area contributed by atoms with Crippen LogP contribution in [0.5, 0.6) is 0 Å². The molecule has 0 aliphatic heterocycles. The van der Waals surface area contributed by atoms with Gasteiger partial charge in [-0.3, -0.25) is 0 Å². The topological polar surface area (TPSA) is 37.8 Å². The summed E-state index contributed by atoms with van der Waals surface area (Å²) in [7, 11) is 0. The molecule has 0 aromatic carbocycles. The number of rotatable bonds is 3. The van der Waals surface area contributed by atoms with Crippen molar-refractivity contribution in [2.45, 2.75) is 32.7 Å². The largest absolute Gasteiger partial charge is 0.365 e. The summed E-state index contributed by atoms with van der Waals surface area (Å²) >= 11 is 5.94. The van der Waals surface area contributed by atoms with Gasteiger partial charge >= 0.3 is 0 Å². The standard InChI is InChI=1S/C10H14ClN3/c1-3-10(2)4-8(10)14-9-7(11)5-12-6-13-9/h5-6,8H,3-4H2,1-2H3,(H,12,13,14). The van der Waals surface area contributed by atoms with Gasteiger partial charge in [0.2, 0.25) is 0 Å². The summed E-state index contributed by atoms with van der Waals surface area (Å²) in [6.45, 7) is 4.49. The molecular weight excluding hydrogens is 198 g/mol. The predicted molar refractivity (Wildman–Crippen MR) is 57.5 cm³/mol. The van der Waals surface area contributed by atoms with E-state index in [-0.39, 0.29) is 0 Å². The summed E-state index contributed by atoms with van der Waals surface area (Å²) in [5, 5.41) is 3.94. The van der Waals surface area contributed by atoms with Crippen LogP contribution in [0.4, 0.5) is 5.82 Å². The van der Waals surface area contributed by atoms with Crippen molar-refractivity contribution in [2.24, 2.45) is 5.41 Å². The minimum absolute atomic E-state index is 0.425. The Balaban J connectivity index is 2.04. The molecule has 1 aliphatic carbocycles. The highest BCUT2D eigenvalue weighted by Crippen LogP contribution is 2.50. The lowest BCUT2D eigenvalue weighted by molar-refractivity contribution is 0.535. The molecule has 1 saturated carbocycles. The van der Waals surface area contributed by atoms with Gasteiger partial charge in [-0.15, -0.1) is 0 Å². The van der Waals surface area contributed by atoms with Gasteiger partial charge < -0.3 is 5.32 Å². The Morgan fingerprint density at radius 3 is 3.07 bits per heavy atom. The molecule has 2 unspecified atom stereocenters. The van der Waals surface area contributed by atoms with E-state index in [1.807, 2.05) is 0 Å². The van der Waals surface area contributed by atoms with Gasteiger partial charge in [0.1, 0.15) is 17.2 Å². The van der Waals surface area contributed by atoms with Gasteiger partial charge in [0, 0.05) is 6.04 Å². The number of nitrogens with zero attached hydrogens (tertiary/aromatic N) is 2. The second-order valence-corrected chi connectivity index (χ2v) is 4.54. The zero-order valence-electron chi connectivity index (χ0n) is 8.42. The van der Waals surface area contributed by atoms with Gasteiger partial charge in [0.15, 0.2) is 0 Å². The van der Waals surface area contributed by atoms with Crippen LogP contribution >= 0.6 is 11.6 Å². The monoisotopic (exact) mass is 211 g/mol. The van der Waals surface area contributed by atoms with Crippen molar-refractivity contribution >= 4 is 17.4 Å². The van der Waals surface area contributed by atoms with Crippen molar-refractivity contribution in [1.29, 1.82) is 0 Å². The number of hydrogen-bond donors (Lipinski definition) is 1. The van der Waals surface area contributed by atoms with Gasteiger partial charge in [0.05, 0.1) is 6.20 Å². The molecule has 2 atom stereocenters. The van der Waals surface area contributed by atoms with E-state index in [0.717, 1.165) is 5.82 Å². The summed E-state index contributed by atoms with van der Waals surface area (Å²) in [4.78, 5) is 7.95. The highest BCUT2D eigenvalue weighted by Gasteiger charge is 2.48. The van der Waals surface area contributed by atoms with Crippen LogP contribution in [-0.4, -0.2) is 16.0 Å². The summed E-state index contributed by atoms with van der Waals surface area (Å²) < 4.78 is 0. The Kier molecular flexibility index (Phi) is 2.35. The molecule has 76 valence electrons. The molecule has 0 amide bonds. The Hall–Kier alpha value is -0.830. The number of halogens is 1. The smallest absolute Gasteiger partial charge is 0.148 e. The lowest BCUT2D eigenvalue weighted by Gasteiger charge is -2.10. The summed E-state index contributed by atoms with van der Waals surface area (Å²) in [6, 6.07) is 0.514. The third-order valence-electron chi connectivity index (χ3n) is 3.14. The number of anilines is 1. The van der Waals surface area contributed by atoms with Crippen LogP contribution < -0.4 is 5.32 Å². The van der Waals surface area contributed by atoms with E-state index < -0.39 is 0 Å².